The number of rotatable bonds is 7. The molecule has 2 N–H and O–H groups in total. The zero-order valence-corrected chi connectivity index (χ0v) is 14.4. The van der Waals surface area contributed by atoms with E-state index in [0.29, 0.717) is 39.6 Å². The molecule has 0 radical (unpaired) electrons. The predicted octanol–water partition coefficient (Wildman–Crippen LogP) is 2.52. The molecular formula is C17H17N3O4S. The molecule has 8 heteroatoms. The number of aromatic nitrogens is 2. The average molecular weight is 359 g/mol. The summed E-state index contributed by atoms with van der Waals surface area (Å²) in [6, 6.07) is 3.67. The van der Waals surface area contributed by atoms with Crippen LogP contribution in [-0.4, -0.2) is 22.5 Å². The molecule has 130 valence electrons. The fourth-order valence-electron chi connectivity index (χ4n) is 2.38. The quantitative estimate of drug-likeness (QED) is 0.497. The number of aromatic amines is 1. The molecule has 0 amide bonds. The number of aryl methyl sites for hydroxylation is 1. The van der Waals surface area contributed by atoms with Crippen molar-refractivity contribution in [2.24, 2.45) is 0 Å². The second kappa shape index (κ2) is 7.45. The Hall–Kier alpha value is -2.71. The molecule has 3 aromatic heterocycles. The fraction of sp³-hybridized carbons (Fsp3) is 0.235. The molecule has 25 heavy (non-hydrogen) atoms. The summed E-state index contributed by atoms with van der Waals surface area (Å²) in [4.78, 5) is 32.5. The molecule has 3 rings (SSSR count). The average Bonchev–Trinajstić information content (AvgIpc) is 3.21. The summed E-state index contributed by atoms with van der Waals surface area (Å²) in [6.45, 7) is 6.25. The number of nitrogens with one attached hydrogen (secondary N) is 2. The summed E-state index contributed by atoms with van der Waals surface area (Å²) in [5, 5.41) is 3.57. The summed E-state index contributed by atoms with van der Waals surface area (Å²) in [5.41, 5.74) is 0.314. The highest BCUT2D eigenvalue weighted by atomic mass is 32.1. The highest BCUT2D eigenvalue weighted by Gasteiger charge is 2.20. The number of thiophene rings is 1. The van der Waals surface area contributed by atoms with E-state index in [0.717, 1.165) is 17.1 Å². The van der Waals surface area contributed by atoms with Crippen molar-refractivity contribution in [3.05, 3.63) is 63.4 Å². The van der Waals surface area contributed by atoms with Crippen LogP contribution in [0.1, 0.15) is 26.8 Å². The van der Waals surface area contributed by atoms with Gasteiger partial charge < -0.3 is 19.5 Å². The molecule has 0 spiro atoms. The van der Waals surface area contributed by atoms with Gasteiger partial charge in [0.05, 0.1) is 24.7 Å². The smallest absolute Gasteiger partial charge is 0.348 e. The minimum Gasteiger partial charge on any atom is -0.468 e. The lowest BCUT2D eigenvalue weighted by molar-refractivity contribution is 0.0555. The van der Waals surface area contributed by atoms with Crippen molar-refractivity contribution in [3.8, 4) is 0 Å². The van der Waals surface area contributed by atoms with E-state index >= 15 is 0 Å². The predicted molar refractivity (Wildman–Crippen MR) is 94.7 cm³/mol. The van der Waals surface area contributed by atoms with E-state index in [9.17, 15) is 9.59 Å². The molecule has 0 saturated carbocycles. The number of carbonyl (C=O) groups is 1. The van der Waals surface area contributed by atoms with Crippen LogP contribution in [0.15, 0.2) is 40.3 Å². The lowest BCUT2D eigenvalue weighted by Crippen LogP contribution is -2.19. The Labute approximate surface area is 147 Å². The van der Waals surface area contributed by atoms with E-state index in [-0.39, 0.29) is 12.2 Å². The van der Waals surface area contributed by atoms with Crippen molar-refractivity contribution >= 4 is 27.5 Å². The van der Waals surface area contributed by atoms with E-state index in [2.05, 4.69) is 21.9 Å². The number of nitrogens with zero attached hydrogens (tertiary/aromatic N) is 1. The number of carbonyl (C=O) groups excluding carboxylic acids is 1. The van der Waals surface area contributed by atoms with Gasteiger partial charge in [-0.1, -0.05) is 12.7 Å². The first kappa shape index (κ1) is 17.1. The van der Waals surface area contributed by atoms with E-state index in [1.54, 1.807) is 13.2 Å². The fourth-order valence-corrected chi connectivity index (χ4v) is 3.48. The van der Waals surface area contributed by atoms with Gasteiger partial charge in [0.25, 0.3) is 5.56 Å². The lowest BCUT2D eigenvalue weighted by Gasteiger charge is -2.02. The van der Waals surface area contributed by atoms with Crippen molar-refractivity contribution in [1.82, 2.24) is 15.3 Å². The van der Waals surface area contributed by atoms with Crippen LogP contribution < -0.4 is 10.9 Å². The van der Waals surface area contributed by atoms with E-state index in [1.807, 2.05) is 12.1 Å². The Balaban J connectivity index is 1.82. The molecule has 3 heterocycles. The van der Waals surface area contributed by atoms with E-state index < -0.39 is 5.97 Å². The summed E-state index contributed by atoms with van der Waals surface area (Å²) < 4.78 is 10.3. The van der Waals surface area contributed by atoms with Crippen molar-refractivity contribution in [3.63, 3.8) is 0 Å². The van der Waals surface area contributed by atoms with Gasteiger partial charge >= 0.3 is 5.97 Å². The first-order valence-electron chi connectivity index (χ1n) is 7.63. The number of ether oxygens (including phenoxy) is 1. The first-order valence-corrected chi connectivity index (χ1v) is 8.45. The second-order valence-corrected chi connectivity index (χ2v) is 6.32. The number of hydrogen-bond acceptors (Lipinski definition) is 7. The highest BCUT2D eigenvalue weighted by molar-refractivity contribution is 7.20. The van der Waals surface area contributed by atoms with Gasteiger partial charge in [0.2, 0.25) is 0 Å². The minimum absolute atomic E-state index is 0.123. The normalized spacial score (nSPS) is 10.9. The van der Waals surface area contributed by atoms with Crippen LogP contribution in [0.4, 0.5) is 0 Å². The van der Waals surface area contributed by atoms with Crippen molar-refractivity contribution in [2.45, 2.75) is 20.0 Å². The number of H-pyrrole nitrogens is 1. The number of hydrogen-bond donors (Lipinski definition) is 2. The molecule has 0 aliphatic rings. The Bertz CT molecular complexity index is 956. The topological polar surface area (TPSA) is 97.2 Å². The molecule has 3 aromatic rings. The third-order valence-electron chi connectivity index (χ3n) is 3.54. The van der Waals surface area contributed by atoms with Crippen LogP contribution in [0.2, 0.25) is 0 Å². The monoisotopic (exact) mass is 359 g/mol. The van der Waals surface area contributed by atoms with Crippen LogP contribution in [0.5, 0.6) is 0 Å². The van der Waals surface area contributed by atoms with Gasteiger partial charge in [0.1, 0.15) is 27.9 Å². The van der Waals surface area contributed by atoms with E-state index in [4.69, 9.17) is 9.15 Å². The largest absolute Gasteiger partial charge is 0.468 e. The SMILES string of the molecule is C=CCOC(=O)c1sc2nc(CNCc3ccco3)[nH]c(=O)c2c1C. The molecule has 0 saturated heterocycles. The van der Waals surface area contributed by atoms with Crippen LogP contribution in [0.25, 0.3) is 10.2 Å². The third kappa shape index (κ3) is 3.70. The third-order valence-corrected chi connectivity index (χ3v) is 4.70. The van der Waals surface area contributed by atoms with Crippen molar-refractivity contribution in [1.29, 1.82) is 0 Å². The Morgan fingerprint density at radius 1 is 1.52 bits per heavy atom. The van der Waals surface area contributed by atoms with Crippen LogP contribution >= 0.6 is 11.3 Å². The zero-order valence-electron chi connectivity index (χ0n) is 13.6. The van der Waals surface area contributed by atoms with Crippen LogP contribution in [0, 0.1) is 6.92 Å². The Kier molecular flexibility index (Phi) is 5.11. The highest BCUT2D eigenvalue weighted by Crippen LogP contribution is 2.27. The first-order chi connectivity index (χ1) is 12.1. The van der Waals surface area contributed by atoms with Gasteiger partial charge in [-0.05, 0) is 24.6 Å². The molecule has 0 bridgehead atoms. The zero-order chi connectivity index (χ0) is 17.8. The molecule has 0 aliphatic carbocycles. The van der Waals surface area contributed by atoms with Crippen molar-refractivity contribution in [2.75, 3.05) is 6.61 Å². The maximum Gasteiger partial charge on any atom is 0.348 e. The molecule has 0 unspecified atom stereocenters. The maximum absolute atomic E-state index is 12.4. The molecule has 0 fully saturated rings. The van der Waals surface area contributed by atoms with Gasteiger partial charge in [-0.25, -0.2) is 9.78 Å². The minimum atomic E-state index is -0.475. The summed E-state index contributed by atoms with van der Waals surface area (Å²) >= 11 is 1.16. The van der Waals surface area contributed by atoms with Gasteiger partial charge in [-0.2, -0.15) is 0 Å². The Morgan fingerprint density at radius 3 is 3.08 bits per heavy atom. The lowest BCUT2D eigenvalue weighted by atomic mass is 10.2. The summed E-state index contributed by atoms with van der Waals surface area (Å²) in [6.07, 6.45) is 3.10. The molecule has 0 aromatic carbocycles. The second-order valence-electron chi connectivity index (χ2n) is 5.32. The summed E-state index contributed by atoms with van der Waals surface area (Å²) in [5.74, 6) is 0.816. The van der Waals surface area contributed by atoms with Gasteiger partial charge in [-0.3, -0.25) is 4.79 Å². The standard InChI is InChI=1S/C17H17N3O4S/c1-3-6-24-17(22)14-10(2)13-15(21)19-12(20-16(13)25-14)9-18-8-11-5-4-7-23-11/h3-5,7,18H,1,6,8-9H2,2H3,(H,19,20,21). The summed E-state index contributed by atoms with van der Waals surface area (Å²) in [7, 11) is 0. The van der Waals surface area contributed by atoms with Gasteiger partial charge in [0.15, 0.2) is 0 Å². The maximum atomic E-state index is 12.4. The van der Waals surface area contributed by atoms with Crippen LogP contribution in [-0.2, 0) is 17.8 Å². The molecular weight excluding hydrogens is 342 g/mol. The Morgan fingerprint density at radius 2 is 2.36 bits per heavy atom. The number of fused-ring (bicyclic) bond motifs is 1. The molecule has 7 nitrogen and oxygen atoms in total. The van der Waals surface area contributed by atoms with Crippen LogP contribution in [0.3, 0.4) is 0 Å². The van der Waals surface area contributed by atoms with Crippen molar-refractivity contribution < 1.29 is 13.9 Å². The molecule has 0 atom stereocenters. The van der Waals surface area contributed by atoms with Gasteiger partial charge in [0, 0.05) is 0 Å². The van der Waals surface area contributed by atoms with Gasteiger partial charge in [-0.15, -0.1) is 11.3 Å². The number of furan rings is 1. The molecule has 0 aliphatic heterocycles. The number of esters is 1. The van der Waals surface area contributed by atoms with E-state index in [1.165, 1.54) is 6.08 Å².